The fourth-order valence-electron chi connectivity index (χ4n) is 7.15. The molecule has 3 atom stereocenters. The number of halogens is 5. The Kier molecular flexibility index (Phi) is 8.34. The molecule has 2 bridgehead atoms. The fourth-order valence-corrected chi connectivity index (χ4v) is 8.37. The zero-order valence-corrected chi connectivity index (χ0v) is 25.5. The lowest BCUT2D eigenvalue weighted by atomic mass is 9.91. The maximum atomic E-state index is 16.2. The SMILES string of the molecule is CC1CC2CCC(C1)N2C(=O)C(NS(=O)(=O)c1ccc2cc(OC3CCCC3)ccc2c1)C(F)(F)c1ccc(C(F)(F)F)cc1. The first-order valence-corrected chi connectivity index (χ1v) is 16.8. The average Bonchev–Trinajstić information content (AvgIpc) is 3.60. The predicted molar refractivity (Wildman–Crippen MR) is 158 cm³/mol. The molecule has 6 rings (SSSR count). The van der Waals surface area contributed by atoms with E-state index in [2.05, 4.69) is 0 Å². The predicted octanol–water partition coefficient (Wildman–Crippen LogP) is 7.41. The number of piperidine rings is 1. The van der Waals surface area contributed by atoms with Gasteiger partial charge in [0.05, 0.1) is 16.6 Å². The second-order valence-electron chi connectivity index (χ2n) is 12.7. The molecule has 45 heavy (non-hydrogen) atoms. The van der Waals surface area contributed by atoms with Crippen LogP contribution in [0.1, 0.15) is 69.4 Å². The van der Waals surface area contributed by atoms with Gasteiger partial charge < -0.3 is 9.64 Å². The van der Waals surface area contributed by atoms with Crippen LogP contribution in [0.3, 0.4) is 0 Å². The largest absolute Gasteiger partial charge is 0.490 e. The second kappa shape index (κ2) is 11.8. The van der Waals surface area contributed by atoms with Gasteiger partial charge in [-0.25, -0.2) is 8.42 Å². The van der Waals surface area contributed by atoms with Gasteiger partial charge in [-0.05, 0) is 104 Å². The molecular weight excluding hydrogens is 615 g/mol. The molecule has 3 fully saturated rings. The normalized spacial score (nSPS) is 23.4. The van der Waals surface area contributed by atoms with Gasteiger partial charge in [-0.3, -0.25) is 4.79 Å². The summed E-state index contributed by atoms with van der Waals surface area (Å²) in [7, 11) is -4.70. The second-order valence-corrected chi connectivity index (χ2v) is 14.4. The van der Waals surface area contributed by atoms with Crippen LogP contribution in [0.2, 0.25) is 0 Å². The highest BCUT2D eigenvalue weighted by Crippen LogP contribution is 2.42. The third kappa shape index (κ3) is 6.40. The minimum atomic E-state index is -4.76. The summed E-state index contributed by atoms with van der Waals surface area (Å²) in [4.78, 5) is 15.0. The summed E-state index contributed by atoms with van der Waals surface area (Å²) in [6.07, 6.45) is 1.95. The zero-order chi connectivity index (χ0) is 32.1. The van der Waals surface area contributed by atoms with Gasteiger partial charge in [-0.15, -0.1) is 0 Å². The molecule has 1 saturated carbocycles. The molecule has 3 aromatic rings. The van der Waals surface area contributed by atoms with Crippen LogP contribution in [0.5, 0.6) is 5.75 Å². The molecule has 242 valence electrons. The Morgan fingerprint density at radius 2 is 1.42 bits per heavy atom. The fraction of sp³-hybridized carbons (Fsp3) is 0.485. The van der Waals surface area contributed by atoms with E-state index in [9.17, 15) is 26.4 Å². The molecule has 3 aromatic carbocycles. The summed E-state index contributed by atoms with van der Waals surface area (Å²) in [5.41, 5.74) is -2.04. The number of hydrogen-bond donors (Lipinski definition) is 1. The van der Waals surface area contributed by atoms with Crippen LogP contribution in [0.25, 0.3) is 10.8 Å². The van der Waals surface area contributed by atoms with Gasteiger partial charge in [-0.2, -0.15) is 26.7 Å². The molecule has 1 amide bonds. The highest BCUT2D eigenvalue weighted by Gasteiger charge is 2.53. The number of hydrogen-bond acceptors (Lipinski definition) is 4. The first-order valence-electron chi connectivity index (χ1n) is 15.3. The number of fused-ring (bicyclic) bond motifs is 3. The molecule has 0 radical (unpaired) electrons. The Bertz CT molecular complexity index is 1660. The molecule has 6 nitrogen and oxygen atoms in total. The Morgan fingerprint density at radius 3 is 2.04 bits per heavy atom. The van der Waals surface area contributed by atoms with Crippen molar-refractivity contribution in [2.24, 2.45) is 5.92 Å². The van der Waals surface area contributed by atoms with E-state index in [-0.39, 0.29) is 29.0 Å². The number of amides is 1. The van der Waals surface area contributed by atoms with Crippen LogP contribution in [-0.2, 0) is 26.9 Å². The first-order chi connectivity index (χ1) is 21.2. The third-order valence-electron chi connectivity index (χ3n) is 9.40. The van der Waals surface area contributed by atoms with Crippen LogP contribution in [0.4, 0.5) is 22.0 Å². The smallest absolute Gasteiger partial charge is 0.416 e. The number of nitrogens with zero attached hydrogens (tertiary/aromatic N) is 1. The van der Waals surface area contributed by atoms with Gasteiger partial charge in [0, 0.05) is 17.6 Å². The summed E-state index contributed by atoms with van der Waals surface area (Å²) in [6, 6.07) is 8.32. The van der Waals surface area contributed by atoms with Gasteiger partial charge >= 0.3 is 6.18 Å². The molecule has 2 aliphatic heterocycles. The third-order valence-corrected chi connectivity index (χ3v) is 10.8. The number of ether oxygens (including phenoxy) is 1. The number of alkyl halides is 5. The van der Waals surface area contributed by atoms with Gasteiger partial charge in [0.1, 0.15) is 5.75 Å². The van der Waals surface area contributed by atoms with E-state index in [0.717, 1.165) is 25.7 Å². The van der Waals surface area contributed by atoms with Crippen molar-refractivity contribution in [2.45, 2.75) is 99.5 Å². The van der Waals surface area contributed by atoms with Crippen LogP contribution < -0.4 is 9.46 Å². The Labute approximate surface area is 259 Å². The monoisotopic (exact) mass is 650 g/mol. The quantitative estimate of drug-likeness (QED) is 0.258. The highest BCUT2D eigenvalue weighted by molar-refractivity contribution is 7.89. The van der Waals surface area contributed by atoms with Crippen molar-refractivity contribution in [2.75, 3.05) is 0 Å². The maximum absolute atomic E-state index is 16.2. The number of nitrogens with one attached hydrogen (secondary N) is 1. The molecule has 12 heteroatoms. The van der Waals surface area contributed by atoms with E-state index < -0.39 is 45.2 Å². The number of carbonyl (C=O) groups is 1. The first kappa shape index (κ1) is 31.7. The molecule has 0 spiro atoms. The number of sulfonamides is 1. The van der Waals surface area contributed by atoms with E-state index in [1.807, 2.05) is 11.6 Å². The molecular formula is C33H35F5N2O4S. The van der Waals surface area contributed by atoms with E-state index in [1.54, 1.807) is 24.3 Å². The number of rotatable bonds is 8. The Morgan fingerprint density at radius 1 is 0.844 bits per heavy atom. The van der Waals surface area contributed by atoms with Crippen LogP contribution >= 0.6 is 0 Å². The van der Waals surface area contributed by atoms with Crippen molar-refractivity contribution in [1.29, 1.82) is 0 Å². The summed E-state index contributed by atoms with van der Waals surface area (Å²) in [6.45, 7) is 2.02. The van der Waals surface area contributed by atoms with E-state index >= 15 is 8.78 Å². The van der Waals surface area contributed by atoms with Gasteiger partial charge in [0.15, 0.2) is 6.04 Å². The van der Waals surface area contributed by atoms with Crippen molar-refractivity contribution < 1.29 is 39.9 Å². The van der Waals surface area contributed by atoms with Crippen molar-refractivity contribution in [1.82, 2.24) is 9.62 Å². The molecule has 1 aliphatic carbocycles. The van der Waals surface area contributed by atoms with Crippen molar-refractivity contribution in [3.8, 4) is 5.75 Å². The van der Waals surface area contributed by atoms with E-state index in [0.29, 0.717) is 66.5 Å². The minimum Gasteiger partial charge on any atom is -0.490 e. The summed E-state index contributed by atoms with van der Waals surface area (Å²) < 4.78 is 107. The Hall–Kier alpha value is -3.25. The summed E-state index contributed by atoms with van der Waals surface area (Å²) in [5, 5.41) is 1.21. The van der Waals surface area contributed by atoms with Crippen LogP contribution in [0, 0.1) is 5.92 Å². The van der Waals surface area contributed by atoms with Crippen molar-refractivity contribution >= 4 is 26.7 Å². The van der Waals surface area contributed by atoms with Gasteiger partial charge in [0.25, 0.3) is 5.92 Å². The number of carbonyl (C=O) groups excluding carboxylic acids is 1. The maximum Gasteiger partial charge on any atom is 0.416 e. The van der Waals surface area contributed by atoms with E-state index in [1.165, 1.54) is 17.0 Å². The molecule has 3 aliphatic rings. The molecule has 3 unspecified atom stereocenters. The Balaban J connectivity index is 1.32. The average molecular weight is 651 g/mol. The minimum absolute atomic E-state index is 0.130. The van der Waals surface area contributed by atoms with Crippen LogP contribution in [-0.4, -0.2) is 43.5 Å². The van der Waals surface area contributed by atoms with Gasteiger partial charge in [0.2, 0.25) is 15.9 Å². The summed E-state index contributed by atoms with van der Waals surface area (Å²) in [5.74, 6) is -4.33. The lowest BCUT2D eigenvalue weighted by Crippen LogP contribution is -2.59. The molecule has 2 saturated heterocycles. The van der Waals surface area contributed by atoms with Crippen molar-refractivity contribution in [3.05, 3.63) is 71.8 Å². The lowest BCUT2D eigenvalue weighted by Gasteiger charge is -2.41. The standard InChI is InChI=1S/C33H35F5N2O4S/c1-20-16-25-12-13-26(17-20)40(25)31(41)30(32(34,35)23-8-10-24(11-9-23)33(36,37)38)39-45(42,43)29-15-7-21-18-28(14-6-22(21)19-29)44-27-4-2-3-5-27/h6-11,14-15,18-20,25-27,30,39H,2-5,12-13,16-17H2,1H3. The van der Waals surface area contributed by atoms with Crippen molar-refractivity contribution in [3.63, 3.8) is 0 Å². The molecule has 1 N–H and O–H groups in total. The zero-order valence-electron chi connectivity index (χ0n) is 24.7. The topological polar surface area (TPSA) is 75.7 Å². The lowest BCUT2D eigenvalue weighted by molar-refractivity contribution is -0.149. The molecule has 0 aromatic heterocycles. The highest BCUT2D eigenvalue weighted by atomic mass is 32.2. The molecule has 2 heterocycles. The van der Waals surface area contributed by atoms with Crippen LogP contribution in [0.15, 0.2) is 65.6 Å². The summed E-state index contributed by atoms with van der Waals surface area (Å²) >= 11 is 0. The number of benzene rings is 3. The van der Waals surface area contributed by atoms with Gasteiger partial charge in [-0.1, -0.05) is 31.2 Å². The van der Waals surface area contributed by atoms with E-state index in [4.69, 9.17) is 4.74 Å².